The average molecular weight is 242 g/mol. The van der Waals surface area contributed by atoms with Crippen LogP contribution in [-0.2, 0) is 4.79 Å². The zero-order chi connectivity index (χ0) is 12.8. The summed E-state index contributed by atoms with van der Waals surface area (Å²) < 4.78 is 0. The first-order chi connectivity index (χ1) is 8.02. The van der Waals surface area contributed by atoms with Gasteiger partial charge in [-0.1, -0.05) is 13.3 Å². The smallest absolute Gasteiger partial charge is 0.342 e. The fourth-order valence-electron chi connectivity index (χ4n) is 1.32. The number of carboxylic acids is 1. The van der Waals surface area contributed by atoms with Gasteiger partial charge >= 0.3 is 11.7 Å². The Morgan fingerprint density at radius 2 is 2.24 bits per heavy atom. The number of H-pyrrole nitrogens is 2. The van der Waals surface area contributed by atoms with E-state index in [0.29, 0.717) is 13.0 Å². The number of nitrogens with zero attached hydrogens (tertiary/aromatic N) is 1. The summed E-state index contributed by atoms with van der Waals surface area (Å²) in [6, 6.07) is 0. The number of anilines is 1. The molecule has 1 unspecified atom stereocenters. The molecular weight excluding hydrogens is 228 g/mol. The monoisotopic (exact) mass is 242 g/mol. The predicted molar refractivity (Wildman–Crippen MR) is 60.0 cm³/mol. The number of aromatic nitrogens is 3. The van der Waals surface area contributed by atoms with Crippen LogP contribution in [0.15, 0.2) is 9.59 Å². The molecule has 0 fully saturated rings. The summed E-state index contributed by atoms with van der Waals surface area (Å²) in [4.78, 5) is 34.5. The molecule has 17 heavy (non-hydrogen) atoms. The summed E-state index contributed by atoms with van der Waals surface area (Å²) in [5.74, 6) is -1.00. The maximum Gasteiger partial charge on any atom is 0.342 e. The highest BCUT2D eigenvalue weighted by atomic mass is 16.4. The minimum absolute atomic E-state index is 0.0186. The lowest BCUT2D eigenvalue weighted by atomic mass is 10.0. The van der Waals surface area contributed by atoms with Gasteiger partial charge in [-0.2, -0.15) is 0 Å². The first-order valence-corrected chi connectivity index (χ1v) is 5.17. The highest BCUT2D eigenvalue weighted by molar-refractivity contribution is 5.67. The van der Waals surface area contributed by atoms with E-state index >= 15 is 0 Å². The molecule has 1 aromatic rings. The summed E-state index contributed by atoms with van der Waals surface area (Å²) in [6.07, 6.45) is 0.686. The van der Waals surface area contributed by atoms with Crippen molar-refractivity contribution in [3.63, 3.8) is 0 Å². The Bertz CT molecular complexity index is 492. The lowest BCUT2D eigenvalue weighted by Gasteiger charge is -2.12. The van der Waals surface area contributed by atoms with Gasteiger partial charge in [-0.25, -0.2) is 9.89 Å². The van der Waals surface area contributed by atoms with Crippen LogP contribution in [0, 0.1) is 5.92 Å². The average Bonchev–Trinajstić information content (AvgIpc) is 2.25. The van der Waals surface area contributed by atoms with Crippen LogP contribution in [0.3, 0.4) is 0 Å². The molecule has 4 N–H and O–H groups in total. The van der Waals surface area contributed by atoms with Crippen LogP contribution in [0.1, 0.15) is 19.8 Å². The third-order valence-electron chi connectivity index (χ3n) is 2.31. The standard InChI is InChI=1S/C9H14N4O4/c1-2-5(3-6(14)15)4-10-7-8(16)11-9(17)13-12-7/h5H,2-4H2,1H3,(H,10,12)(H,14,15)(H2,11,13,16,17). The van der Waals surface area contributed by atoms with Crippen molar-refractivity contribution in [2.75, 3.05) is 11.9 Å². The SMILES string of the molecule is CCC(CNc1n[nH]c(=O)[nH]c1=O)CC(=O)O. The van der Waals surface area contributed by atoms with Crippen molar-refractivity contribution in [2.45, 2.75) is 19.8 Å². The summed E-state index contributed by atoms with van der Waals surface area (Å²) >= 11 is 0. The third-order valence-corrected chi connectivity index (χ3v) is 2.31. The quantitative estimate of drug-likeness (QED) is 0.526. The molecule has 0 radical (unpaired) electrons. The van der Waals surface area contributed by atoms with Crippen LogP contribution in [0.4, 0.5) is 5.82 Å². The topological polar surface area (TPSA) is 128 Å². The molecule has 8 nitrogen and oxygen atoms in total. The highest BCUT2D eigenvalue weighted by Gasteiger charge is 2.12. The highest BCUT2D eigenvalue weighted by Crippen LogP contribution is 2.08. The predicted octanol–water partition coefficient (Wildman–Crippen LogP) is -0.629. The lowest BCUT2D eigenvalue weighted by Crippen LogP contribution is -2.28. The van der Waals surface area contributed by atoms with Gasteiger partial charge in [-0.15, -0.1) is 5.10 Å². The van der Waals surface area contributed by atoms with Gasteiger partial charge in [0, 0.05) is 13.0 Å². The molecule has 0 saturated heterocycles. The van der Waals surface area contributed by atoms with Crippen molar-refractivity contribution < 1.29 is 9.90 Å². The number of hydrogen-bond acceptors (Lipinski definition) is 5. The van der Waals surface area contributed by atoms with Crippen molar-refractivity contribution in [1.29, 1.82) is 0 Å². The number of rotatable bonds is 6. The van der Waals surface area contributed by atoms with E-state index in [0.717, 1.165) is 0 Å². The van der Waals surface area contributed by atoms with Gasteiger partial charge in [0.15, 0.2) is 0 Å². The summed E-state index contributed by atoms with van der Waals surface area (Å²) in [7, 11) is 0. The fourth-order valence-corrected chi connectivity index (χ4v) is 1.32. The van der Waals surface area contributed by atoms with Crippen LogP contribution in [0.2, 0.25) is 0 Å². The van der Waals surface area contributed by atoms with Crippen molar-refractivity contribution in [2.24, 2.45) is 5.92 Å². The third kappa shape index (κ3) is 4.09. The number of hydrogen-bond donors (Lipinski definition) is 4. The van der Waals surface area contributed by atoms with Crippen LogP contribution in [0.5, 0.6) is 0 Å². The number of carbonyl (C=O) groups is 1. The van der Waals surface area contributed by atoms with E-state index in [1.807, 2.05) is 11.9 Å². The molecule has 0 bridgehead atoms. The number of nitrogens with one attached hydrogen (secondary N) is 3. The molecule has 0 amide bonds. The summed E-state index contributed by atoms with van der Waals surface area (Å²) in [5.41, 5.74) is -1.31. The van der Waals surface area contributed by atoms with E-state index in [9.17, 15) is 14.4 Å². The molecule has 0 aliphatic rings. The van der Waals surface area contributed by atoms with Crippen LogP contribution in [-0.4, -0.2) is 32.8 Å². The molecule has 1 rings (SSSR count). The Morgan fingerprint density at radius 1 is 1.53 bits per heavy atom. The Morgan fingerprint density at radius 3 is 2.76 bits per heavy atom. The summed E-state index contributed by atoms with van der Waals surface area (Å²) in [6.45, 7) is 2.17. The lowest BCUT2D eigenvalue weighted by molar-refractivity contribution is -0.138. The van der Waals surface area contributed by atoms with E-state index < -0.39 is 17.2 Å². The molecule has 8 heteroatoms. The maximum absolute atomic E-state index is 11.2. The van der Waals surface area contributed by atoms with Crippen LogP contribution < -0.4 is 16.6 Å². The van der Waals surface area contributed by atoms with Crippen molar-refractivity contribution >= 4 is 11.8 Å². The van der Waals surface area contributed by atoms with Gasteiger partial charge in [0.25, 0.3) is 5.56 Å². The fraction of sp³-hybridized carbons (Fsp3) is 0.556. The van der Waals surface area contributed by atoms with Crippen molar-refractivity contribution in [1.82, 2.24) is 15.2 Å². The zero-order valence-corrected chi connectivity index (χ0v) is 9.32. The second-order valence-corrected chi connectivity index (χ2v) is 3.61. The van der Waals surface area contributed by atoms with Crippen molar-refractivity contribution in [3.05, 3.63) is 20.8 Å². The first kappa shape index (κ1) is 12.9. The van der Waals surface area contributed by atoms with Gasteiger partial charge < -0.3 is 10.4 Å². The molecule has 0 aliphatic heterocycles. The van der Waals surface area contributed by atoms with E-state index in [-0.39, 0.29) is 18.2 Å². The minimum atomic E-state index is -0.887. The number of carboxylic acid groups (broad SMARTS) is 1. The normalized spacial score (nSPS) is 12.1. The Hall–Kier alpha value is -2.12. The van der Waals surface area contributed by atoms with Crippen LogP contribution in [0.25, 0.3) is 0 Å². The van der Waals surface area contributed by atoms with Gasteiger partial charge in [0.05, 0.1) is 0 Å². The molecule has 0 saturated carbocycles. The Labute approximate surface area is 96.1 Å². The molecule has 0 spiro atoms. The minimum Gasteiger partial charge on any atom is -0.481 e. The first-order valence-electron chi connectivity index (χ1n) is 5.17. The molecule has 1 aromatic heterocycles. The van der Waals surface area contributed by atoms with Gasteiger partial charge in [0.1, 0.15) is 0 Å². The van der Waals surface area contributed by atoms with Crippen LogP contribution >= 0.6 is 0 Å². The van der Waals surface area contributed by atoms with Gasteiger partial charge in [-0.3, -0.25) is 14.6 Å². The van der Waals surface area contributed by atoms with Gasteiger partial charge in [-0.05, 0) is 5.92 Å². The largest absolute Gasteiger partial charge is 0.481 e. The summed E-state index contributed by atoms with van der Waals surface area (Å²) in [5, 5.41) is 17.0. The second kappa shape index (κ2) is 5.83. The maximum atomic E-state index is 11.2. The second-order valence-electron chi connectivity index (χ2n) is 3.61. The van der Waals surface area contributed by atoms with E-state index in [2.05, 4.69) is 15.5 Å². The number of aliphatic carboxylic acids is 1. The van der Waals surface area contributed by atoms with E-state index in [1.54, 1.807) is 0 Å². The Balaban J connectivity index is 2.62. The molecule has 94 valence electrons. The van der Waals surface area contributed by atoms with Gasteiger partial charge in [0.2, 0.25) is 5.82 Å². The molecule has 1 atom stereocenters. The number of aromatic amines is 2. The van der Waals surface area contributed by atoms with E-state index in [1.165, 1.54) is 0 Å². The molecule has 1 heterocycles. The molecular formula is C9H14N4O4. The molecule has 0 aliphatic carbocycles. The van der Waals surface area contributed by atoms with E-state index in [4.69, 9.17) is 5.11 Å². The van der Waals surface area contributed by atoms with Crippen molar-refractivity contribution in [3.8, 4) is 0 Å². The Kier molecular flexibility index (Phi) is 4.44. The molecule has 0 aromatic carbocycles. The zero-order valence-electron chi connectivity index (χ0n) is 9.32.